The average molecular weight is 262 g/mol. The first-order valence-corrected chi connectivity index (χ1v) is 7.03. The number of hydrogen-bond acceptors (Lipinski definition) is 1. The number of benzene rings is 1. The standard InChI is InChI=1S/C15H19FN2O/c16-13-8-4-3-7-12(13)15(9-10-15)18-14(19)17-11-5-1-2-6-11/h3-4,7-8,11H,1-2,5-6,9-10H2,(H2,17,18,19). The van der Waals surface area contributed by atoms with E-state index in [0.29, 0.717) is 5.56 Å². The van der Waals surface area contributed by atoms with Crippen LogP contribution in [-0.4, -0.2) is 12.1 Å². The van der Waals surface area contributed by atoms with Gasteiger partial charge in [0.05, 0.1) is 5.54 Å². The summed E-state index contributed by atoms with van der Waals surface area (Å²) < 4.78 is 13.8. The molecule has 2 fully saturated rings. The van der Waals surface area contributed by atoms with Crippen LogP contribution in [0, 0.1) is 5.82 Å². The maximum atomic E-state index is 13.8. The maximum Gasteiger partial charge on any atom is 0.315 e. The molecule has 3 nitrogen and oxygen atoms in total. The minimum absolute atomic E-state index is 0.160. The average Bonchev–Trinajstić information content (AvgIpc) is 2.97. The van der Waals surface area contributed by atoms with Gasteiger partial charge in [-0.15, -0.1) is 0 Å². The van der Waals surface area contributed by atoms with Gasteiger partial charge in [0.25, 0.3) is 0 Å². The van der Waals surface area contributed by atoms with Gasteiger partial charge in [0.15, 0.2) is 0 Å². The number of rotatable bonds is 3. The van der Waals surface area contributed by atoms with E-state index in [-0.39, 0.29) is 17.9 Å². The number of nitrogens with one attached hydrogen (secondary N) is 2. The Balaban J connectivity index is 1.65. The normalized spacial score (nSPS) is 21.1. The molecule has 0 saturated heterocycles. The lowest BCUT2D eigenvalue weighted by atomic mass is 10.0. The van der Waals surface area contributed by atoms with E-state index in [2.05, 4.69) is 10.6 Å². The topological polar surface area (TPSA) is 41.1 Å². The second-order valence-electron chi connectivity index (χ2n) is 5.64. The molecule has 0 atom stereocenters. The largest absolute Gasteiger partial charge is 0.335 e. The summed E-state index contributed by atoms with van der Waals surface area (Å²) >= 11 is 0. The van der Waals surface area contributed by atoms with Gasteiger partial charge in [-0.1, -0.05) is 31.0 Å². The van der Waals surface area contributed by atoms with Crippen LogP contribution in [0.1, 0.15) is 44.1 Å². The van der Waals surface area contributed by atoms with Crippen molar-refractivity contribution in [1.29, 1.82) is 0 Å². The Bertz CT molecular complexity index is 479. The van der Waals surface area contributed by atoms with E-state index < -0.39 is 5.54 Å². The van der Waals surface area contributed by atoms with E-state index in [1.165, 1.54) is 18.9 Å². The molecule has 0 unspecified atom stereocenters. The molecule has 0 heterocycles. The predicted octanol–water partition coefficient (Wildman–Crippen LogP) is 3.06. The monoisotopic (exact) mass is 262 g/mol. The minimum Gasteiger partial charge on any atom is -0.335 e. The Hall–Kier alpha value is -1.58. The highest BCUT2D eigenvalue weighted by atomic mass is 19.1. The molecule has 0 aromatic heterocycles. The number of carbonyl (C=O) groups is 1. The molecule has 0 radical (unpaired) electrons. The molecule has 2 aliphatic rings. The number of amides is 2. The zero-order chi connectivity index (χ0) is 13.3. The second-order valence-corrected chi connectivity index (χ2v) is 5.64. The van der Waals surface area contributed by atoms with E-state index in [4.69, 9.17) is 0 Å². The lowest BCUT2D eigenvalue weighted by Crippen LogP contribution is -2.45. The van der Waals surface area contributed by atoms with Crippen LogP contribution >= 0.6 is 0 Å². The summed E-state index contributed by atoms with van der Waals surface area (Å²) in [6, 6.07) is 6.83. The lowest BCUT2D eigenvalue weighted by molar-refractivity contribution is 0.231. The van der Waals surface area contributed by atoms with Crippen molar-refractivity contribution >= 4 is 6.03 Å². The lowest BCUT2D eigenvalue weighted by Gasteiger charge is -2.21. The molecule has 2 N–H and O–H groups in total. The van der Waals surface area contributed by atoms with Gasteiger partial charge in [0.2, 0.25) is 0 Å². The van der Waals surface area contributed by atoms with Crippen molar-refractivity contribution in [2.75, 3.05) is 0 Å². The van der Waals surface area contributed by atoms with Gasteiger partial charge in [-0.25, -0.2) is 9.18 Å². The van der Waals surface area contributed by atoms with Crippen LogP contribution in [-0.2, 0) is 5.54 Å². The second kappa shape index (κ2) is 4.83. The van der Waals surface area contributed by atoms with Crippen LogP contribution in [0.2, 0.25) is 0 Å². The van der Waals surface area contributed by atoms with Gasteiger partial charge in [0.1, 0.15) is 5.82 Å². The molecule has 2 saturated carbocycles. The molecule has 0 bridgehead atoms. The zero-order valence-electron chi connectivity index (χ0n) is 10.9. The summed E-state index contributed by atoms with van der Waals surface area (Å²) in [5, 5.41) is 5.95. The highest BCUT2D eigenvalue weighted by molar-refractivity contribution is 5.76. The fourth-order valence-electron chi connectivity index (χ4n) is 2.94. The molecular weight excluding hydrogens is 243 g/mol. The fraction of sp³-hybridized carbons (Fsp3) is 0.533. The Morgan fingerprint density at radius 2 is 1.89 bits per heavy atom. The minimum atomic E-state index is -0.478. The summed E-state index contributed by atoms with van der Waals surface area (Å²) in [4.78, 5) is 12.0. The molecule has 0 aliphatic heterocycles. The highest BCUT2D eigenvalue weighted by Gasteiger charge is 2.47. The Labute approximate surface area is 112 Å². The van der Waals surface area contributed by atoms with Crippen molar-refractivity contribution in [1.82, 2.24) is 10.6 Å². The quantitative estimate of drug-likeness (QED) is 0.863. The van der Waals surface area contributed by atoms with Gasteiger partial charge in [-0.3, -0.25) is 0 Å². The molecular formula is C15H19FN2O. The maximum absolute atomic E-state index is 13.8. The van der Waals surface area contributed by atoms with Crippen molar-refractivity contribution in [3.05, 3.63) is 35.6 Å². The van der Waals surface area contributed by atoms with Gasteiger partial charge >= 0.3 is 6.03 Å². The van der Waals surface area contributed by atoms with E-state index in [1.807, 2.05) is 6.07 Å². The smallest absolute Gasteiger partial charge is 0.315 e. The van der Waals surface area contributed by atoms with Crippen LogP contribution in [0.25, 0.3) is 0 Å². The summed E-state index contributed by atoms with van der Waals surface area (Å²) in [5.41, 5.74) is 0.130. The Morgan fingerprint density at radius 1 is 1.21 bits per heavy atom. The third-order valence-corrected chi connectivity index (χ3v) is 4.18. The van der Waals surface area contributed by atoms with Gasteiger partial charge < -0.3 is 10.6 Å². The first-order valence-electron chi connectivity index (χ1n) is 7.03. The molecule has 2 amide bonds. The highest BCUT2D eigenvalue weighted by Crippen LogP contribution is 2.46. The molecule has 1 aromatic rings. The van der Waals surface area contributed by atoms with Gasteiger partial charge in [-0.2, -0.15) is 0 Å². The number of halogens is 1. The fourth-order valence-corrected chi connectivity index (χ4v) is 2.94. The molecule has 2 aliphatic carbocycles. The summed E-state index contributed by atoms with van der Waals surface area (Å²) in [6.07, 6.45) is 6.10. The van der Waals surface area contributed by atoms with E-state index >= 15 is 0 Å². The van der Waals surface area contributed by atoms with Crippen LogP contribution in [0.5, 0.6) is 0 Å². The van der Waals surface area contributed by atoms with E-state index in [0.717, 1.165) is 25.7 Å². The first kappa shape index (κ1) is 12.5. The Morgan fingerprint density at radius 3 is 2.53 bits per heavy atom. The summed E-state index contributed by atoms with van der Waals surface area (Å²) in [7, 11) is 0. The molecule has 3 rings (SSSR count). The summed E-state index contributed by atoms with van der Waals surface area (Å²) in [6.45, 7) is 0. The van der Waals surface area contributed by atoms with Crippen molar-refractivity contribution < 1.29 is 9.18 Å². The molecule has 102 valence electrons. The molecule has 4 heteroatoms. The van der Waals surface area contributed by atoms with Crippen LogP contribution < -0.4 is 10.6 Å². The van der Waals surface area contributed by atoms with Crippen molar-refractivity contribution in [2.45, 2.75) is 50.1 Å². The van der Waals surface area contributed by atoms with Gasteiger partial charge in [-0.05, 0) is 31.7 Å². The van der Waals surface area contributed by atoms with E-state index in [9.17, 15) is 9.18 Å². The number of carbonyl (C=O) groups excluding carboxylic acids is 1. The number of hydrogen-bond donors (Lipinski definition) is 2. The number of urea groups is 1. The summed E-state index contributed by atoms with van der Waals surface area (Å²) in [5.74, 6) is -0.235. The van der Waals surface area contributed by atoms with Crippen molar-refractivity contribution in [3.8, 4) is 0 Å². The predicted molar refractivity (Wildman–Crippen MR) is 71.2 cm³/mol. The van der Waals surface area contributed by atoms with Gasteiger partial charge in [0, 0.05) is 11.6 Å². The van der Waals surface area contributed by atoms with Crippen molar-refractivity contribution in [2.24, 2.45) is 0 Å². The molecule has 1 aromatic carbocycles. The van der Waals surface area contributed by atoms with E-state index in [1.54, 1.807) is 12.1 Å². The van der Waals surface area contributed by atoms with Crippen molar-refractivity contribution in [3.63, 3.8) is 0 Å². The molecule has 0 spiro atoms. The Kier molecular flexibility index (Phi) is 3.17. The van der Waals surface area contributed by atoms with Crippen LogP contribution in [0.4, 0.5) is 9.18 Å². The van der Waals surface area contributed by atoms with Crippen LogP contribution in [0.3, 0.4) is 0 Å². The third-order valence-electron chi connectivity index (χ3n) is 4.18. The SMILES string of the molecule is O=C(NC1CCCC1)NC1(c2ccccc2F)CC1. The third kappa shape index (κ3) is 2.57. The first-order chi connectivity index (χ1) is 9.20. The zero-order valence-corrected chi connectivity index (χ0v) is 10.9. The van der Waals surface area contributed by atoms with Crippen LogP contribution in [0.15, 0.2) is 24.3 Å². The molecule has 19 heavy (non-hydrogen) atoms.